The average molecular weight is 549 g/mol. The lowest BCUT2D eigenvalue weighted by Gasteiger charge is -2.39. The van der Waals surface area contributed by atoms with Gasteiger partial charge in [-0.3, -0.25) is 14.4 Å². The Kier molecular flexibility index (Phi) is 11.8. The lowest BCUT2D eigenvalue weighted by atomic mass is 9.71. The van der Waals surface area contributed by atoms with Gasteiger partial charge in [0.25, 0.3) is 0 Å². The van der Waals surface area contributed by atoms with Gasteiger partial charge in [-0.1, -0.05) is 38.3 Å². The number of esters is 1. The van der Waals surface area contributed by atoms with Gasteiger partial charge < -0.3 is 19.6 Å². The number of thioether (sulfide) groups is 1. The number of aliphatic hydroxyl groups is 1. The van der Waals surface area contributed by atoms with Crippen LogP contribution in [0.1, 0.15) is 84.5 Å². The summed E-state index contributed by atoms with van der Waals surface area (Å²) >= 11 is 1.70. The second-order valence-electron chi connectivity index (χ2n) is 11.1. The lowest BCUT2D eigenvalue weighted by molar-refractivity contribution is -0.154. The minimum Gasteiger partial charge on any atom is -0.465 e. The largest absolute Gasteiger partial charge is 0.465 e. The average Bonchev–Trinajstić information content (AvgIpc) is 3.54. The Morgan fingerprint density at radius 3 is 2.66 bits per heavy atom. The maximum absolute atomic E-state index is 14.3. The summed E-state index contributed by atoms with van der Waals surface area (Å²) in [5.41, 5.74) is 0. The van der Waals surface area contributed by atoms with Gasteiger partial charge in [-0.15, -0.1) is 24.9 Å². The standard InChI is InChI=1S/C30H48N2O5S/c1-5-8-9-14-21-37-29(36)24-23-16-17-30(38-23)25(24)27(34)32(19-12-10-11-13-20-33)26(30)28(35)31(18-7-3)22(4)15-6-2/h5,7,22-26,33H,1,3,6,8-21H2,2,4H3/t22?,23-,24+,25-,26?,30?/m0/s1. The quantitative estimate of drug-likeness (QED) is 0.151. The number of allylic oxidation sites excluding steroid dienone is 1. The van der Waals surface area contributed by atoms with Gasteiger partial charge in [0.05, 0.1) is 23.2 Å². The van der Waals surface area contributed by atoms with Gasteiger partial charge in [-0.25, -0.2) is 0 Å². The Labute approximate surface area is 233 Å². The highest BCUT2D eigenvalue weighted by atomic mass is 32.2. The van der Waals surface area contributed by atoms with E-state index in [9.17, 15) is 14.4 Å². The first-order chi connectivity index (χ1) is 18.4. The van der Waals surface area contributed by atoms with Crippen molar-refractivity contribution in [1.82, 2.24) is 9.80 Å². The molecule has 1 N–H and O–H groups in total. The fraction of sp³-hybridized carbons (Fsp3) is 0.767. The van der Waals surface area contributed by atoms with Crippen molar-refractivity contribution in [2.75, 3.05) is 26.3 Å². The van der Waals surface area contributed by atoms with Crippen LogP contribution in [0, 0.1) is 11.8 Å². The molecule has 38 heavy (non-hydrogen) atoms. The minimum atomic E-state index is -0.582. The SMILES string of the molecule is C=CCCCCOC(=O)[C@@H]1[C@@H]2CCC3(S2)C(C(=O)N(CC=C)C(C)CCC)N(CCCCCCO)C(=O)[C@H]13. The molecule has 0 aromatic carbocycles. The van der Waals surface area contributed by atoms with E-state index in [1.165, 1.54) is 0 Å². The Bertz CT molecular complexity index is 850. The third-order valence-electron chi connectivity index (χ3n) is 8.51. The second kappa shape index (κ2) is 14.5. The van der Waals surface area contributed by atoms with E-state index in [1.807, 2.05) is 11.0 Å². The number of carbonyl (C=O) groups is 3. The Morgan fingerprint density at radius 2 is 1.97 bits per heavy atom. The molecular formula is C30H48N2O5S. The first-order valence-electron chi connectivity index (χ1n) is 14.7. The van der Waals surface area contributed by atoms with Crippen molar-refractivity contribution in [3.63, 3.8) is 0 Å². The number of nitrogens with zero attached hydrogens (tertiary/aromatic N) is 2. The zero-order valence-corrected chi connectivity index (χ0v) is 24.3. The van der Waals surface area contributed by atoms with E-state index in [2.05, 4.69) is 27.0 Å². The summed E-state index contributed by atoms with van der Waals surface area (Å²) in [4.78, 5) is 45.4. The fourth-order valence-corrected chi connectivity index (χ4v) is 8.91. The number of unbranched alkanes of at least 4 members (excludes halogenated alkanes) is 5. The molecule has 6 atom stereocenters. The molecule has 3 saturated heterocycles. The summed E-state index contributed by atoms with van der Waals surface area (Å²) in [5, 5.41) is 9.15. The highest BCUT2D eigenvalue weighted by molar-refractivity contribution is 8.02. The summed E-state index contributed by atoms with van der Waals surface area (Å²) in [6.07, 6.45) is 12.9. The summed E-state index contributed by atoms with van der Waals surface area (Å²) < 4.78 is 5.12. The first-order valence-corrected chi connectivity index (χ1v) is 15.5. The van der Waals surface area contributed by atoms with E-state index in [4.69, 9.17) is 9.84 Å². The monoisotopic (exact) mass is 548 g/mol. The zero-order chi connectivity index (χ0) is 27.7. The van der Waals surface area contributed by atoms with Crippen LogP contribution in [0.3, 0.4) is 0 Å². The molecule has 2 bridgehead atoms. The van der Waals surface area contributed by atoms with Crippen LogP contribution in [0.4, 0.5) is 0 Å². The number of carbonyl (C=O) groups excluding carboxylic acids is 3. The smallest absolute Gasteiger partial charge is 0.310 e. The predicted molar refractivity (Wildman–Crippen MR) is 153 cm³/mol. The van der Waals surface area contributed by atoms with Crippen molar-refractivity contribution in [2.24, 2.45) is 11.8 Å². The molecule has 0 saturated carbocycles. The maximum Gasteiger partial charge on any atom is 0.310 e. The van der Waals surface area contributed by atoms with Crippen LogP contribution in [0.25, 0.3) is 0 Å². The molecule has 214 valence electrons. The highest BCUT2D eigenvalue weighted by Gasteiger charge is 2.74. The van der Waals surface area contributed by atoms with E-state index >= 15 is 0 Å². The normalized spacial score (nSPS) is 28.3. The van der Waals surface area contributed by atoms with Crippen LogP contribution in [-0.2, 0) is 19.1 Å². The molecule has 0 aromatic rings. The molecule has 3 unspecified atom stereocenters. The predicted octanol–water partition coefficient (Wildman–Crippen LogP) is 4.73. The summed E-state index contributed by atoms with van der Waals surface area (Å²) in [6, 6.07) is -0.528. The van der Waals surface area contributed by atoms with Gasteiger partial charge in [0.15, 0.2) is 0 Å². The molecule has 2 amide bonds. The van der Waals surface area contributed by atoms with E-state index in [1.54, 1.807) is 22.7 Å². The van der Waals surface area contributed by atoms with Gasteiger partial charge >= 0.3 is 5.97 Å². The second-order valence-corrected chi connectivity index (χ2v) is 12.7. The summed E-state index contributed by atoms with van der Waals surface area (Å²) in [6.45, 7) is 13.3. The summed E-state index contributed by atoms with van der Waals surface area (Å²) in [5.74, 6) is -1.35. The van der Waals surface area contributed by atoms with Crippen LogP contribution in [0.5, 0.6) is 0 Å². The van der Waals surface area contributed by atoms with Crippen LogP contribution < -0.4 is 0 Å². The van der Waals surface area contributed by atoms with Crippen LogP contribution >= 0.6 is 11.8 Å². The molecule has 1 spiro atoms. The molecule has 3 rings (SSSR count). The molecular weight excluding hydrogens is 500 g/mol. The minimum absolute atomic E-state index is 0.0105. The van der Waals surface area contributed by atoms with E-state index in [0.717, 1.165) is 70.6 Å². The molecule has 3 heterocycles. The third-order valence-corrected chi connectivity index (χ3v) is 10.5. The van der Waals surface area contributed by atoms with Gasteiger partial charge in [0, 0.05) is 31.0 Å². The van der Waals surface area contributed by atoms with Crippen LogP contribution in [0.15, 0.2) is 25.3 Å². The molecule has 3 fully saturated rings. The van der Waals surface area contributed by atoms with Crippen molar-refractivity contribution in [3.8, 4) is 0 Å². The number of fused-ring (bicyclic) bond motifs is 1. The number of rotatable bonds is 18. The van der Waals surface area contributed by atoms with Gasteiger partial charge in [0.1, 0.15) is 6.04 Å². The Hall–Kier alpha value is -1.80. The molecule has 0 aliphatic carbocycles. The van der Waals surface area contributed by atoms with Crippen molar-refractivity contribution in [2.45, 2.75) is 107 Å². The highest BCUT2D eigenvalue weighted by Crippen LogP contribution is 2.66. The van der Waals surface area contributed by atoms with E-state index < -0.39 is 22.6 Å². The van der Waals surface area contributed by atoms with Crippen molar-refractivity contribution >= 4 is 29.5 Å². The van der Waals surface area contributed by atoms with Crippen molar-refractivity contribution in [1.29, 1.82) is 0 Å². The molecule has 3 aliphatic rings. The number of ether oxygens (including phenoxy) is 1. The number of amides is 2. The Morgan fingerprint density at radius 1 is 1.21 bits per heavy atom. The number of hydrogen-bond donors (Lipinski definition) is 1. The summed E-state index contributed by atoms with van der Waals surface area (Å²) in [7, 11) is 0. The van der Waals surface area contributed by atoms with Gasteiger partial charge in [-0.2, -0.15) is 0 Å². The van der Waals surface area contributed by atoms with Gasteiger partial charge in [0.2, 0.25) is 11.8 Å². The molecule has 0 aromatic heterocycles. The molecule has 7 nitrogen and oxygen atoms in total. The van der Waals surface area contributed by atoms with Gasteiger partial charge in [-0.05, 0) is 58.3 Å². The maximum atomic E-state index is 14.3. The van der Waals surface area contributed by atoms with Crippen molar-refractivity contribution in [3.05, 3.63) is 25.3 Å². The third kappa shape index (κ3) is 6.33. The van der Waals surface area contributed by atoms with E-state index in [0.29, 0.717) is 19.7 Å². The first kappa shape index (κ1) is 30.7. The molecule has 0 radical (unpaired) electrons. The van der Waals surface area contributed by atoms with Crippen LogP contribution in [0.2, 0.25) is 0 Å². The van der Waals surface area contributed by atoms with Crippen molar-refractivity contribution < 1.29 is 24.2 Å². The number of hydrogen-bond acceptors (Lipinski definition) is 6. The zero-order valence-electron chi connectivity index (χ0n) is 23.4. The number of likely N-dealkylation sites (tertiary alicyclic amines) is 1. The molecule has 8 heteroatoms. The lowest BCUT2D eigenvalue weighted by Crippen LogP contribution is -2.56. The van der Waals surface area contributed by atoms with Crippen LogP contribution in [-0.4, -0.2) is 81.1 Å². The molecule has 3 aliphatic heterocycles. The topological polar surface area (TPSA) is 87.2 Å². The van der Waals surface area contributed by atoms with E-state index in [-0.39, 0.29) is 35.7 Å². The Balaban J connectivity index is 1.86. The fourth-order valence-electron chi connectivity index (χ4n) is 6.70. The number of aliphatic hydroxyl groups excluding tert-OH is 1.